The molecule has 0 saturated heterocycles. The molecule has 0 amide bonds. The fraction of sp³-hybridized carbons (Fsp3) is 0.727. The second kappa shape index (κ2) is 70.6. The second-order valence-corrected chi connectivity index (χ2v) is 23.4. The van der Waals surface area contributed by atoms with E-state index in [9.17, 15) is 14.4 Å². The SMILES string of the molecule is CC/C=C\C/C=C\C/C=C\C/C=C\CCCCCCC(=O)OCC(COC(=O)CCCCCCCCCCCCCC/C=C\C/C=C\C/C=C\CCCCCCC)OC(=O)CCCCCCCCCCC/C=C\C/C=C\CCCCCCC. The quantitative estimate of drug-likeness (QED) is 0.0261. The molecule has 0 radical (unpaired) electrons. The molecule has 0 aromatic rings. The van der Waals surface area contributed by atoms with Gasteiger partial charge in [0.05, 0.1) is 0 Å². The van der Waals surface area contributed by atoms with Gasteiger partial charge < -0.3 is 14.2 Å². The molecular formula is C77H132O6. The Labute approximate surface area is 514 Å². The van der Waals surface area contributed by atoms with Crippen LogP contribution in [-0.4, -0.2) is 37.2 Å². The number of allylic oxidation sites excluding steroid dienone is 18. The number of esters is 3. The summed E-state index contributed by atoms with van der Waals surface area (Å²) in [7, 11) is 0. The molecule has 6 nitrogen and oxygen atoms in total. The maximum Gasteiger partial charge on any atom is 0.306 e. The first-order valence-corrected chi connectivity index (χ1v) is 35.4. The largest absolute Gasteiger partial charge is 0.462 e. The maximum atomic E-state index is 13.0. The van der Waals surface area contributed by atoms with E-state index in [2.05, 4.69) is 130 Å². The summed E-state index contributed by atoms with van der Waals surface area (Å²) in [4.78, 5) is 38.5. The summed E-state index contributed by atoms with van der Waals surface area (Å²) in [6.45, 7) is 6.52. The van der Waals surface area contributed by atoms with Gasteiger partial charge in [-0.05, 0) is 128 Å². The van der Waals surface area contributed by atoms with Gasteiger partial charge in [-0.25, -0.2) is 0 Å². The Bertz CT molecular complexity index is 1660. The van der Waals surface area contributed by atoms with Crippen LogP contribution in [0.2, 0.25) is 0 Å². The highest BCUT2D eigenvalue weighted by Crippen LogP contribution is 2.17. The van der Waals surface area contributed by atoms with Crippen LogP contribution in [0.1, 0.15) is 342 Å². The average molecular weight is 1150 g/mol. The number of ether oxygens (including phenoxy) is 3. The van der Waals surface area contributed by atoms with Crippen LogP contribution >= 0.6 is 0 Å². The number of hydrogen-bond donors (Lipinski definition) is 0. The number of carbonyl (C=O) groups is 3. The highest BCUT2D eigenvalue weighted by atomic mass is 16.6. The van der Waals surface area contributed by atoms with Crippen LogP contribution in [0.25, 0.3) is 0 Å². The van der Waals surface area contributed by atoms with E-state index in [4.69, 9.17) is 14.2 Å². The third-order valence-electron chi connectivity index (χ3n) is 15.2. The van der Waals surface area contributed by atoms with Gasteiger partial charge >= 0.3 is 17.9 Å². The summed E-state index contributed by atoms with van der Waals surface area (Å²) in [6.07, 6.45) is 96.8. The zero-order valence-corrected chi connectivity index (χ0v) is 54.7. The Balaban J connectivity index is 4.37. The van der Waals surface area contributed by atoms with Crippen molar-refractivity contribution >= 4 is 17.9 Å². The zero-order valence-electron chi connectivity index (χ0n) is 54.7. The first-order chi connectivity index (χ1) is 41.0. The van der Waals surface area contributed by atoms with Crippen molar-refractivity contribution in [2.45, 2.75) is 348 Å². The number of hydrogen-bond acceptors (Lipinski definition) is 6. The molecule has 0 aromatic heterocycles. The molecule has 0 fully saturated rings. The molecule has 0 spiro atoms. The minimum atomic E-state index is -0.796. The van der Waals surface area contributed by atoms with Gasteiger partial charge in [-0.15, -0.1) is 0 Å². The molecule has 1 unspecified atom stereocenters. The predicted molar refractivity (Wildman–Crippen MR) is 362 cm³/mol. The summed E-state index contributed by atoms with van der Waals surface area (Å²) in [5.41, 5.74) is 0. The summed E-state index contributed by atoms with van der Waals surface area (Å²) in [6, 6.07) is 0. The smallest absolute Gasteiger partial charge is 0.306 e. The molecule has 0 aliphatic rings. The van der Waals surface area contributed by atoms with Gasteiger partial charge in [0.1, 0.15) is 13.2 Å². The lowest BCUT2D eigenvalue weighted by molar-refractivity contribution is -0.167. The molecule has 0 saturated carbocycles. The van der Waals surface area contributed by atoms with Crippen molar-refractivity contribution in [1.29, 1.82) is 0 Å². The fourth-order valence-electron chi connectivity index (χ4n) is 9.94. The second-order valence-electron chi connectivity index (χ2n) is 23.4. The first-order valence-electron chi connectivity index (χ1n) is 35.4. The van der Waals surface area contributed by atoms with E-state index in [1.165, 1.54) is 186 Å². The molecular weight excluding hydrogens is 1020 g/mol. The molecule has 83 heavy (non-hydrogen) atoms. The van der Waals surface area contributed by atoms with Crippen LogP contribution in [0.15, 0.2) is 109 Å². The fourth-order valence-corrected chi connectivity index (χ4v) is 9.94. The van der Waals surface area contributed by atoms with Crippen molar-refractivity contribution in [3.63, 3.8) is 0 Å². The molecule has 1 atom stereocenters. The lowest BCUT2D eigenvalue weighted by Crippen LogP contribution is -2.30. The minimum absolute atomic E-state index is 0.0885. The van der Waals surface area contributed by atoms with E-state index < -0.39 is 6.10 Å². The Morgan fingerprint density at radius 3 is 0.735 bits per heavy atom. The molecule has 0 aliphatic heterocycles. The molecule has 6 heteroatoms. The van der Waals surface area contributed by atoms with Crippen LogP contribution in [0, 0.1) is 0 Å². The third kappa shape index (κ3) is 68.7. The minimum Gasteiger partial charge on any atom is -0.462 e. The summed E-state index contributed by atoms with van der Waals surface area (Å²) < 4.78 is 17.0. The van der Waals surface area contributed by atoms with E-state index in [0.717, 1.165) is 116 Å². The number of rotatable bonds is 64. The van der Waals surface area contributed by atoms with E-state index in [1.54, 1.807) is 0 Å². The van der Waals surface area contributed by atoms with Crippen LogP contribution < -0.4 is 0 Å². The standard InChI is InChI=1S/C77H132O6/c1-4-7-10-13-16-19-22-25-28-31-33-35-36-37-38-39-40-42-43-46-49-52-55-58-61-64-67-70-76(79)82-73-74(72-81-75(78)69-66-63-60-57-54-51-48-45-30-27-24-21-18-15-12-9-6-3)83-77(80)71-68-65-62-59-56-53-50-47-44-41-34-32-29-26-23-20-17-14-11-8-5-2/h9,12,18,21-23,25-27,30-34,36-37,48,51,74H,4-8,10-11,13-17,19-20,24,28-29,35,38-47,49-50,52-73H2,1-3H3/b12-9-,21-18-,25-22-,26-23-,30-27-,33-31-,34-32-,37-36-,51-48-. The van der Waals surface area contributed by atoms with Crippen LogP contribution in [0.3, 0.4) is 0 Å². The van der Waals surface area contributed by atoms with Crippen LogP contribution in [-0.2, 0) is 28.6 Å². The zero-order chi connectivity index (χ0) is 59.9. The molecule has 0 rings (SSSR count). The van der Waals surface area contributed by atoms with Crippen molar-refractivity contribution in [2.75, 3.05) is 13.2 Å². The molecule has 476 valence electrons. The predicted octanol–water partition coefficient (Wildman–Crippen LogP) is 24.6. The molecule has 0 bridgehead atoms. The number of carbonyl (C=O) groups excluding carboxylic acids is 3. The molecule has 0 aliphatic carbocycles. The summed E-state index contributed by atoms with van der Waals surface area (Å²) in [5.74, 6) is -0.906. The van der Waals surface area contributed by atoms with Crippen molar-refractivity contribution in [3.8, 4) is 0 Å². The van der Waals surface area contributed by atoms with Gasteiger partial charge in [0, 0.05) is 19.3 Å². The Hall–Kier alpha value is -3.93. The monoisotopic (exact) mass is 1150 g/mol. The van der Waals surface area contributed by atoms with Crippen molar-refractivity contribution in [3.05, 3.63) is 109 Å². The van der Waals surface area contributed by atoms with Crippen molar-refractivity contribution in [1.82, 2.24) is 0 Å². The number of unbranched alkanes of at least 4 members (excludes halogenated alkanes) is 35. The van der Waals surface area contributed by atoms with Crippen molar-refractivity contribution in [2.24, 2.45) is 0 Å². The van der Waals surface area contributed by atoms with Gasteiger partial charge in [0.2, 0.25) is 0 Å². The lowest BCUT2D eigenvalue weighted by Gasteiger charge is -2.18. The highest BCUT2D eigenvalue weighted by Gasteiger charge is 2.19. The first kappa shape index (κ1) is 79.1. The highest BCUT2D eigenvalue weighted by molar-refractivity contribution is 5.71. The van der Waals surface area contributed by atoms with E-state index in [0.29, 0.717) is 19.3 Å². The van der Waals surface area contributed by atoms with Gasteiger partial charge in [0.15, 0.2) is 6.10 Å². The topological polar surface area (TPSA) is 78.9 Å². The summed E-state index contributed by atoms with van der Waals surface area (Å²) in [5, 5.41) is 0. The maximum absolute atomic E-state index is 13.0. The Kier molecular flexibility index (Phi) is 67.2. The Morgan fingerprint density at radius 2 is 0.470 bits per heavy atom. The van der Waals surface area contributed by atoms with E-state index in [1.807, 2.05) is 0 Å². The summed E-state index contributed by atoms with van der Waals surface area (Å²) >= 11 is 0. The normalized spacial score (nSPS) is 12.8. The van der Waals surface area contributed by atoms with Gasteiger partial charge in [-0.1, -0.05) is 304 Å². The van der Waals surface area contributed by atoms with Crippen LogP contribution in [0.5, 0.6) is 0 Å². The van der Waals surface area contributed by atoms with E-state index in [-0.39, 0.29) is 31.1 Å². The average Bonchev–Trinajstić information content (AvgIpc) is 3.50. The van der Waals surface area contributed by atoms with Gasteiger partial charge in [0.25, 0.3) is 0 Å². The third-order valence-corrected chi connectivity index (χ3v) is 15.2. The molecule has 0 heterocycles. The van der Waals surface area contributed by atoms with Crippen molar-refractivity contribution < 1.29 is 28.6 Å². The molecule has 0 N–H and O–H groups in total. The van der Waals surface area contributed by atoms with Gasteiger partial charge in [-0.3, -0.25) is 14.4 Å². The Morgan fingerprint density at radius 1 is 0.253 bits per heavy atom. The van der Waals surface area contributed by atoms with E-state index >= 15 is 0 Å². The lowest BCUT2D eigenvalue weighted by atomic mass is 10.0. The molecule has 0 aromatic carbocycles. The van der Waals surface area contributed by atoms with Crippen LogP contribution in [0.4, 0.5) is 0 Å². The van der Waals surface area contributed by atoms with Gasteiger partial charge in [-0.2, -0.15) is 0 Å².